The second-order valence-electron chi connectivity index (χ2n) is 4.34. The van der Waals surface area contributed by atoms with Crippen molar-refractivity contribution in [2.24, 2.45) is 11.3 Å². The molecule has 1 fully saturated rings. The number of hydrogen-bond donors (Lipinski definition) is 2. The largest absolute Gasteiger partial charge is 0.271 e. The fraction of sp³-hybridized carbons (Fsp3) is 1.00. The van der Waals surface area contributed by atoms with Gasteiger partial charge in [0.25, 0.3) is 0 Å². The predicted octanol–water partition coefficient (Wildman–Crippen LogP) is 2.20. The molecule has 0 heterocycles. The molecule has 72 valence electrons. The summed E-state index contributed by atoms with van der Waals surface area (Å²) in [5, 5.41) is 0. The Morgan fingerprint density at radius 1 is 1.33 bits per heavy atom. The SMILES string of the molecule is CCC(NN)C1(C)CCCCC1. The van der Waals surface area contributed by atoms with E-state index in [-0.39, 0.29) is 0 Å². The van der Waals surface area contributed by atoms with Crippen LogP contribution in [0.15, 0.2) is 0 Å². The van der Waals surface area contributed by atoms with Crippen molar-refractivity contribution < 1.29 is 0 Å². The van der Waals surface area contributed by atoms with Crippen LogP contribution in [0.4, 0.5) is 0 Å². The zero-order valence-corrected chi connectivity index (χ0v) is 8.40. The van der Waals surface area contributed by atoms with Crippen molar-refractivity contribution in [3.05, 3.63) is 0 Å². The van der Waals surface area contributed by atoms with Crippen LogP contribution < -0.4 is 11.3 Å². The van der Waals surface area contributed by atoms with Crippen molar-refractivity contribution in [3.63, 3.8) is 0 Å². The van der Waals surface area contributed by atoms with Gasteiger partial charge in [-0.3, -0.25) is 11.3 Å². The van der Waals surface area contributed by atoms with E-state index in [1.807, 2.05) is 0 Å². The molecule has 0 radical (unpaired) electrons. The van der Waals surface area contributed by atoms with Crippen molar-refractivity contribution in [1.82, 2.24) is 5.43 Å². The van der Waals surface area contributed by atoms with Gasteiger partial charge < -0.3 is 0 Å². The first-order chi connectivity index (χ1) is 5.73. The molecule has 1 rings (SSSR count). The van der Waals surface area contributed by atoms with Crippen molar-refractivity contribution >= 4 is 0 Å². The van der Waals surface area contributed by atoms with Crippen LogP contribution in [0.1, 0.15) is 52.4 Å². The number of rotatable bonds is 3. The molecule has 0 aliphatic heterocycles. The maximum atomic E-state index is 5.55. The first kappa shape index (κ1) is 10.0. The standard InChI is InChI=1S/C10H22N2/c1-3-9(12-11)10(2)7-5-4-6-8-10/h9,12H,3-8,11H2,1-2H3. The highest BCUT2D eigenvalue weighted by Gasteiger charge is 2.33. The molecule has 0 spiro atoms. The number of nitrogens with one attached hydrogen (secondary N) is 1. The van der Waals surface area contributed by atoms with E-state index < -0.39 is 0 Å². The minimum Gasteiger partial charge on any atom is -0.271 e. The van der Waals surface area contributed by atoms with Crippen molar-refractivity contribution in [1.29, 1.82) is 0 Å². The predicted molar refractivity (Wildman–Crippen MR) is 52.6 cm³/mol. The Morgan fingerprint density at radius 3 is 2.33 bits per heavy atom. The van der Waals surface area contributed by atoms with Crippen LogP contribution in [0.2, 0.25) is 0 Å². The van der Waals surface area contributed by atoms with Gasteiger partial charge in [-0.1, -0.05) is 33.1 Å². The summed E-state index contributed by atoms with van der Waals surface area (Å²) in [5.41, 5.74) is 3.42. The topological polar surface area (TPSA) is 38.0 Å². The lowest BCUT2D eigenvalue weighted by atomic mass is 9.70. The van der Waals surface area contributed by atoms with Gasteiger partial charge in [0.05, 0.1) is 0 Å². The second kappa shape index (κ2) is 4.24. The van der Waals surface area contributed by atoms with E-state index in [1.165, 1.54) is 32.1 Å². The summed E-state index contributed by atoms with van der Waals surface area (Å²) in [6.45, 7) is 4.59. The Bertz CT molecular complexity index is 124. The zero-order valence-electron chi connectivity index (χ0n) is 8.40. The van der Waals surface area contributed by atoms with Gasteiger partial charge in [-0.15, -0.1) is 0 Å². The van der Waals surface area contributed by atoms with Crippen molar-refractivity contribution in [2.75, 3.05) is 0 Å². The van der Waals surface area contributed by atoms with Crippen LogP contribution in [0.5, 0.6) is 0 Å². The Morgan fingerprint density at radius 2 is 1.92 bits per heavy atom. The summed E-state index contributed by atoms with van der Waals surface area (Å²) in [5.74, 6) is 5.55. The van der Waals surface area contributed by atoms with Crippen LogP contribution in [0.3, 0.4) is 0 Å². The highest BCUT2D eigenvalue weighted by Crippen LogP contribution is 2.39. The van der Waals surface area contributed by atoms with Gasteiger partial charge >= 0.3 is 0 Å². The molecule has 2 nitrogen and oxygen atoms in total. The maximum absolute atomic E-state index is 5.55. The third kappa shape index (κ3) is 1.99. The Labute approximate surface area is 75.9 Å². The Kier molecular flexibility index (Phi) is 3.53. The monoisotopic (exact) mass is 170 g/mol. The normalized spacial score (nSPS) is 25.2. The highest BCUT2D eigenvalue weighted by molar-refractivity contribution is 4.87. The number of nitrogens with two attached hydrogens (primary N) is 1. The first-order valence-corrected chi connectivity index (χ1v) is 5.19. The van der Waals surface area contributed by atoms with Gasteiger partial charge in [0.2, 0.25) is 0 Å². The van der Waals surface area contributed by atoms with Gasteiger partial charge in [-0.25, -0.2) is 0 Å². The molecule has 2 heteroatoms. The van der Waals surface area contributed by atoms with Crippen LogP contribution in [0, 0.1) is 5.41 Å². The lowest BCUT2D eigenvalue weighted by Gasteiger charge is -2.40. The lowest BCUT2D eigenvalue weighted by Crippen LogP contribution is -2.47. The molecule has 0 aromatic heterocycles. The molecule has 1 atom stereocenters. The highest BCUT2D eigenvalue weighted by atomic mass is 15.2. The molecule has 0 aromatic rings. The summed E-state index contributed by atoms with van der Waals surface area (Å²) in [7, 11) is 0. The molecule has 0 bridgehead atoms. The second-order valence-corrected chi connectivity index (χ2v) is 4.34. The molecular formula is C10H22N2. The van der Waals surface area contributed by atoms with Gasteiger partial charge in [0, 0.05) is 6.04 Å². The lowest BCUT2D eigenvalue weighted by molar-refractivity contribution is 0.141. The summed E-state index contributed by atoms with van der Waals surface area (Å²) in [4.78, 5) is 0. The fourth-order valence-electron chi connectivity index (χ4n) is 2.52. The van der Waals surface area contributed by atoms with E-state index in [0.29, 0.717) is 11.5 Å². The molecule has 1 aliphatic carbocycles. The quantitative estimate of drug-likeness (QED) is 0.503. The fourth-order valence-corrected chi connectivity index (χ4v) is 2.52. The van der Waals surface area contributed by atoms with Crippen molar-refractivity contribution in [2.45, 2.75) is 58.4 Å². The van der Waals surface area contributed by atoms with E-state index in [2.05, 4.69) is 19.3 Å². The molecule has 12 heavy (non-hydrogen) atoms. The molecule has 0 saturated heterocycles. The minimum absolute atomic E-state index is 0.460. The summed E-state index contributed by atoms with van der Waals surface area (Å²) < 4.78 is 0. The number of hydrazine groups is 1. The molecule has 1 aliphatic rings. The van der Waals surface area contributed by atoms with Crippen molar-refractivity contribution in [3.8, 4) is 0 Å². The van der Waals surface area contributed by atoms with E-state index in [4.69, 9.17) is 5.84 Å². The molecule has 1 unspecified atom stereocenters. The Hall–Kier alpha value is -0.0800. The van der Waals surface area contributed by atoms with Crippen LogP contribution in [-0.2, 0) is 0 Å². The first-order valence-electron chi connectivity index (χ1n) is 5.19. The van der Waals surface area contributed by atoms with Gasteiger partial charge in [-0.2, -0.15) is 0 Å². The molecule has 0 amide bonds. The van der Waals surface area contributed by atoms with E-state index >= 15 is 0 Å². The molecule has 1 saturated carbocycles. The molecule has 3 N–H and O–H groups in total. The van der Waals surface area contributed by atoms with Crippen LogP contribution in [-0.4, -0.2) is 6.04 Å². The van der Waals surface area contributed by atoms with Crippen LogP contribution >= 0.6 is 0 Å². The maximum Gasteiger partial charge on any atom is 0.0261 e. The van der Waals surface area contributed by atoms with Gasteiger partial charge in [-0.05, 0) is 24.7 Å². The smallest absolute Gasteiger partial charge is 0.0261 e. The summed E-state index contributed by atoms with van der Waals surface area (Å²) in [6.07, 6.45) is 8.01. The van der Waals surface area contributed by atoms with E-state index in [0.717, 1.165) is 6.42 Å². The number of hydrogen-bond acceptors (Lipinski definition) is 2. The summed E-state index contributed by atoms with van der Waals surface area (Å²) >= 11 is 0. The van der Waals surface area contributed by atoms with Gasteiger partial charge in [0.1, 0.15) is 0 Å². The minimum atomic E-state index is 0.460. The van der Waals surface area contributed by atoms with E-state index in [1.54, 1.807) is 0 Å². The molecular weight excluding hydrogens is 148 g/mol. The van der Waals surface area contributed by atoms with E-state index in [9.17, 15) is 0 Å². The molecule has 0 aromatic carbocycles. The zero-order chi connectivity index (χ0) is 9.03. The summed E-state index contributed by atoms with van der Waals surface area (Å²) in [6, 6.07) is 0.512. The third-order valence-corrected chi connectivity index (χ3v) is 3.45. The van der Waals surface area contributed by atoms with Crippen LogP contribution in [0.25, 0.3) is 0 Å². The third-order valence-electron chi connectivity index (χ3n) is 3.45. The average molecular weight is 170 g/mol. The average Bonchev–Trinajstić information content (AvgIpc) is 2.07. The Balaban J connectivity index is 2.53. The van der Waals surface area contributed by atoms with Gasteiger partial charge in [0.15, 0.2) is 0 Å².